The van der Waals surface area contributed by atoms with Crippen LogP contribution >= 0.6 is 23.2 Å². The van der Waals surface area contributed by atoms with E-state index in [-0.39, 0.29) is 34.2 Å². The van der Waals surface area contributed by atoms with Gasteiger partial charge in [-0.05, 0) is 18.1 Å². The van der Waals surface area contributed by atoms with Gasteiger partial charge in [0.15, 0.2) is 5.75 Å². The zero-order chi connectivity index (χ0) is 13.9. The Hall–Kier alpha value is -1.46. The van der Waals surface area contributed by atoms with Crippen molar-refractivity contribution in [2.75, 3.05) is 7.11 Å². The first-order chi connectivity index (χ1) is 8.38. The molecule has 0 radical (unpaired) electrons. The fourth-order valence-corrected chi connectivity index (χ4v) is 2.09. The molecule has 0 aliphatic heterocycles. The number of ether oxygens (including phenoxy) is 1. The van der Waals surface area contributed by atoms with Crippen molar-refractivity contribution in [3.63, 3.8) is 0 Å². The number of hydrogen-bond donors (Lipinski definition) is 2. The minimum atomic E-state index is -1.28. The Morgan fingerprint density at radius 2 is 1.94 bits per heavy atom. The third-order valence-corrected chi connectivity index (χ3v) is 2.99. The maximum Gasteiger partial charge on any atom is 0.341 e. The van der Waals surface area contributed by atoms with Crippen LogP contribution in [0.4, 0.5) is 0 Å². The number of aryl methyl sites for hydroxylation is 1. The van der Waals surface area contributed by atoms with Gasteiger partial charge in [0.05, 0.1) is 17.2 Å². The molecule has 5 nitrogen and oxygen atoms in total. The van der Waals surface area contributed by atoms with Crippen molar-refractivity contribution in [3.8, 4) is 5.75 Å². The number of hydrogen-bond acceptors (Lipinski definition) is 3. The highest BCUT2D eigenvalue weighted by Crippen LogP contribution is 2.37. The molecule has 0 aromatic heterocycles. The van der Waals surface area contributed by atoms with Gasteiger partial charge in [0, 0.05) is 6.42 Å². The molecule has 0 saturated heterocycles. The second-order valence-electron chi connectivity index (χ2n) is 3.44. The first kappa shape index (κ1) is 14.6. The molecule has 0 aliphatic rings. The average molecular weight is 293 g/mol. The van der Waals surface area contributed by atoms with Crippen LogP contribution in [0.1, 0.15) is 22.3 Å². The van der Waals surface area contributed by atoms with E-state index in [4.69, 9.17) is 38.2 Å². The van der Waals surface area contributed by atoms with Crippen molar-refractivity contribution >= 4 is 35.1 Å². The zero-order valence-corrected chi connectivity index (χ0v) is 10.9. The normalized spacial score (nSPS) is 10.2. The fraction of sp³-hybridized carbons (Fsp3) is 0.273. The number of carboxylic acid groups (broad SMARTS) is 2. The van der Waals surface area contributed by atoms with Crippen LogP contribution in [0, 0.1) is 0 Å². The molecular weight excluding hydrogens is 283 g/mol. The number of carboxylic acids is 2. The molecule has 18 heavy (non-hydrogen) atoms. The van der Waals surface area contributed by atoms with Crippen molar-refractivity contribution in [2.24, 2.45) is 0 Å². The van der Waals surface area contributed by atoms with Gasteiger partial charge in [-0.2, -0.15) is 0 Å². The number of benzene rings is 1. The lowest BCUT2D eigenvalue weighted by molar-refractivity contribution is -0.136. The molecule has 1 aromatic rings. The standard InChI is InChI=1S/C11H10Cl2O5/c1-18-10-6(12)4-5(2-3-7(14)15)9(13)8(10)11(16)17/h4H,2-3H2,1H3,(H,14,15)(H,16,17). The molecule has 0 spiro atoms. The Kier molecular flexibility index (Phi) is 4.81. The van der Waals surface area contributed by atoms with Crippen molar-refractivity contribution in [1.82, 2.24) is 0 Å². The monoisotopic (exact) mass is 292 g/mol. The Morgan fingerprint density at radius 3 is 2.39 bits per heavy atom. The van der Waals surface area contributed by atoms with Crippen LogP contribution in [0.2, 0.25) is 10.0 Å². The van der Waals surface area contributed by atoms with Gasteiger partial charge in [-0.25, -0.2) is 4.79 Å². The number of rotatable bonds is 5. The molecule has 0 saturated carbocycles. The molecule has 0 aliphatic carbocycles. The summed E-state index contributed by atoms with van der Waals surface area (Å²) >= 11 is 11.8. The van der Waals surface area contributed by atoms with Crippen LogP contribution in [-0.4, -0.2) is 29.3 Å². The van der Waals surface area contributed by atoms with E-state index in [0.717, 1.165) is 0 Å². The van der Waals surface area contributed by atoms with Gasteiger partial charge < -0.3 is 14.9 Å². The summed E-state index contributed by atoms with van der Waals surface area (Å²) in [5, 5.41) is 17.7. The van der Waals surface area contributed by atoms with Gasteiger partial charge in [0.25, 0.3) is 0 Å². The van der Waals surface area contributed by atoms with Crippen LogP contribution < -0.4 is 4.74 Å². The summed E-state index contributed by atoms with van der Waals surface area (Å²) in [6.45, 7) is 0. The van der Waals surface area contributed by atoms with E-state index in [2.05, 4.69) is 0 Å². The maximum atomic E-state index is 11.1. The fourth-order valence-electron chi connectivity index (χ4n) is 1.48. The minimum absolute atomic E-state index is 0.0340. The lowest BCUT2D eigenvalue weighted by atomic mass is 10.0. The van der Waals surface area contributed by atoms with Crippen molar-refractivity contribution < 1.29 is 24.5 Å². The van der Waals surface area contributed by atoms with E-state index in [1.807, 2.05) is 0 Å². The molecule has 2 N–H and O–H groups in total. The predicted molar refractivity (Wildman–Crippen MR) is 65.9 cm³/mol. The summed E-state index contributed by atoms with van der Waals surface area (Å²) in [6.07, 6.45) is -0.0698. The third-order valence-electron chi connectivity index (χ3n) is 2.27. The smallest absolute Gasteiger partial charge is 0.341 e. The Bertz CT molecular complexity index is 499. The van der Waals surface area contributed by atoms with Crippen LogP contribution in [0.15, 0.2) is 6.07 Å². The van der Waals surface area contributed by atoms with Crippen LogP contribution in [0.25, 0.3) is 0 Å². The van der Waals surface area contributed by atoms with Gasteiger partial charge in [0.1, 0.15) is 5.56 Å². The number of halogens is 2. The molecule has 0 heterocycles. The minimum Gasteiger partial charge on any atom is -0.494 e. The molecule has 0 atom stereocenters. The summed E-state index contributed by atoms with van der Waals surface area (Å²) in [5.74, 6) is -2.32. The topological polar surface area (TPSA) is 83.8 Å². The number of methoxy groups -OCH3 is 1. The second kappa shape index (κ2) is 5.93. The summed E-state index contributed by atoms with van der Waals surface area (Å²) in [7, 11) is 1.28. The lowest BCUT2D eigenvalue weighted by Gasteiger charge is -2.12. The van der Waals surface area contributed by atoms with Gasteiger partial charge >= 0.3 is 11.9 Å². The lowest BCUT2D eigenvalue weighted by Crippen LogP contribution is -2.06. The van der Waals surface area contributed by atoms with Gasteiger partial charge in [-0.1, -0.05) is 23.2 Å². The molecule has 0 fully saturated rings. The predicted octanol–water partition coefficient (Wildman–Crippen LogP) is 2.72. The molecule has 0 unspecified atom stereocenters. The van der Waals surface area contributed by atoms with Crippen molar-refractivity contribution in [1.29, 1.82) is 0 Å². The van der Waals surface area contributed by atoms with Crippen molar-refractivity contribution in [3.05, 3.63) is 27.2 Å². The number of carbonyl (C=O) groups is 2. The van der Waals surface area contributed by atoms with Crippen LogP contribution in [-0.2, 0) is 11.2 Å². The molecule has 0 bridgehead atoms. The molecule has 0 amide bonds. The summed E-state index contributed by atoms with van der Waals surface area (Å²) in [5.41, 5.74) is 0.106. The molecule has 7 heteroatoms. The van der Waals surface area contributed by atoms with E-state index in [0.29, 0.717) is 5.56 Å². The van der Waals surface area contributed by atoms with Crippen LogP contribution in [0.5, 0.6) is 5.75 Å². The SMILES string of the molecule is COc1c(Cl)cc(CCC(=O)O)c(Cl)c1C(=O)O. The highest BCUT2D eigenvalue weighted by molar-refractivity contribution is 6.37. The number of aliphatic carboxylic acids is 1. The quantitative estimate of drug-likeness (QED) is 0.872. The third kappa shape index (κ3) is 3.05. The first-order valence-electron chi connectivity index (χ1n) is 4.88. The van der Waals surface area contributed by atoms with Crippen molar-refractivity contribution in [2.45, 2.75) is 12.8 Å². The van der Waals surface area contributed by atoms with Gasteiger partial charge in [0.2, 0.25) is 0 Å². The molecule has 1 rings (SSSR count). The first-order valence-corrected chi connectivity index (χ1v) is 5.64. The Balaban J connectivity index is 3.30. The summed E-state index contributed by atoms with van der Waals surface area (Å²) in [6, 6.07) is 1.41. The highest BCUT2D eigenvalue weighted by atomic mass is 35.5. The number of aromatic carboxylic acids is 1. The Labute approximate surface area is 113 Å². The van der Waals surface area contributed by atoms with E-state index in [9.17, 15) is 9.59 Å². The highest BCUT2D eigenvalue weighted by Gasteiger charge is 2.22. The Morgan fingerprint density at radius 1 is 1.33 bits per heavy atom. The molecule has 98 valence electrons. The zero-order valence-electron chi connectivity index (χ0n) is 9.37. The summed E-state index contributed by atoms with van der Waals surface area (Å²) in [4.78, 5) is 21.6. The van der Waals surface area contributed by atoms with E-state index in [1.54, 1.807) is 0 Å². The van der Waals surface area contributed by atoms with E-state index in [1.165, 1.54) is 13.2 Å². The van der Waals surface area contributed by atoms with E-state index < -0.39 is 11.9 Å². The summed E-state index contributed by atoms with van der Waals surface area (Å²) < 4.78 is 4.89. The van der Waals surface area contributed by atoms with Crippen LogP contribution in [0.3, 0.4) is 0 Å². The molecular formula is C11H10Cl2O5. The maximum absolute atomic E-state index is 11.1. The molecule has 1 aromatic carbocycles. The van der Waals surface area contributed by atoms with Gasteiger partial charge in [-0.3, -0.25) is 4.79 Å². The second-order valence-corrected chi connectivity index (χ2v) is 4.22. The van der Waals surface area contributed by atoms with Gasteiger partial charge in [-0.15, -0.1) is 0 Å². The largest absolute Gasteiger partial charge is 0.494 e. The average Bonchev–Trinajstić information content (AvgIpc) is 2.28. The van der Waals surface area contributed by atoms with E-state index >= 15 is 0 Å².